The molecule has 4 N–H and O–H groups in total. The third kappa shape index (κ3) is 5.38. The summed E-state index contributed by atoms with van der Waals surface area (Å²) in [6.45, 7) is 14.1. The number of nitrogens with one attached hydrogen (secondary N) is 1. The Morgan fingerprint density at radius 1 is 1.21 bits per heavy atom. The normalized spacial score (nSPS) is 44.4. The maximum absolute atomic E-state index is 13.5. The summed E-state index contributed by atoms with van der Waals surface area (Å²) in [5, 5.41) is 34.6. The number of ether oxygens (including phenoxy) is 1. The lowest BCUT2D eigenvalue weighted by Crippen LogP contribution is -2.63. The first-order valence-electron chi connectivity index (χ1n) is 14.9. The second kappa shape index (κ2) is 11.4. The molecule has 0 aromatic rings. The van der Waals surface area contributed by atoms with E-state index in [2.05, 4.69) is 32.7 Å². The molecule has 0 saturated heterocycles. The molecule has 0 spiro atoms. The molecule has 0 heterocycles. The summed E-state index contributed by atoms with van der Waals surface area (Å²) in [4.78, 5) is 26.9. The van der Waals surface area contributed by atoms with E-state index in [-0.39, 0.29) is 59.9 Å². The number of aliphatic hydroxyl groups is 3. The number of esters is 1. The van der Waals surface area contributed by atoms with Crippen molar-refractivity contribution in [3.63, 3.8) is 0 Å². The summed E-state index contributed by atoms with van der Waals surface area (Å²) in [6, 6.07) is 0.189. The second-order valence-corrected chi connectivity index (χ2v) is 15.3. The average molecular weight is 566 g/mol. The maximum atomic E-state index is 13.5. The van der Waals surface area contributed by atoms with Crippen molar-refractivity contribution in [3.05, 3.63) is 12.7 Å². The zero-order chi connectivity index (χ0) is 28.8. The van der Waals surface area contributed by atoms with Gasteiger partial charge >= 0.3 is 5.97 Å². The fourth-order valence-corrected chi connectivity index (χ4v) is 9.85. The molecule has 0 radical (unpaired) electrons. The first-order valence-corrected chi connectivity index (χ1v) is 16.0. The van der Waals surface area contributed by atoms with Crippen molar-refractivity contribution in [1.82, 2.24) is 5.32 Å². The number of hydrogen-bond acceptors (Lipinski definition) is 8. The zero-order valence-electron chi connectivity index (χ0n) is 24.6. The van der Waals surface area contributed by atoms with E-state index in [0.717, 1.165) is 38.5 Å². The van der Waals surface area contributed by atoms with Gasteiger partial charge in [0.25, 0.3) is 0 Å². The van der Waals surface area contributed by atoms with Gasteiger partial charge in [-0.15, -0.1) is 18.3 Å². The molecule has 0 amide bonds. The minimum Gasteiger partial charge on any atom is -0.461 e. The Hall–Kier alpha value is -0.930. The smallest absolute Gasteiger partial charge is 0.316 e. The number of thioether (sulfide) groups is 1. The molecule has 0 aromatic heterocycles. The lowest BCUT2D eigenvalue weighted by atomic mass is 9.44. The monoisotopic (exact) mass is 565 g/mol. The van der Waals surface area contributed by atoms with Crippen LogP contribution in [0, 0.1) is 34.0 Å². The van der Waals surface area contributed by atoms with Gasteiger partial charge in [-0.25, -0.2) is 0 Å². The van der Waals surface area contributed by atoms with Crippen LogP contribution in [0.2, 0.25) is 0 Å². The van der Waals surface area contributed by atoms with Crippen molar-refractivity contribution in [2.24, 2.45) is 34.0 Å². The van der Waals surface area contributed by atoms with Crippen molar-refractivity contribution < 1.29 is 29.6 Å². The zero-order valence-corrected chi connectivity index (χ0v) is 25.4. The first kappa shape index (κ1) is 31.0. The molecule has 3 unspecified atom stereocenters. The number of aliphatic hydroxyl groups excluding tert-OH is 3. The predicted octanol–water partition coefficient (Wildman–Crippen LogP) is 3.88. The van der Waals surface area contributed by atoms with Gasteiger partial charge in [0.05, 0.1) is 30.6 Å². The van der Waals surface area contributed by atoms with Crippen LogP contribution in [0.3, 0.4) is 0 Å². The van der Waals surface area contributed by atoms with E-state index in [1.165, 1.54) is 0 Å². The molecule has 39 heavy (non-hydrogen) atoms. The standard InChI is InChI=1S/C31H51NO6S/c1-7-28(4)15-24(38-25(36)16-39-22-9-8-21(14-22)32-29(5,17-33)18-34)30(6)19(2)10-12-31(20(3)27(28)37)13-11-23(35)26(30)31/h7,19-22,24,26-27,32-34,37H,1,8-18H2,2-6H3/t19-,20+,21?,22?,24-,26+,27+,28-,30+,31?/m1/s1. The van der Waals surface area contributed by atoms with Crippen LogP contribution in [-0.4, -0.2) is 75.1 Å². The Balaban J connectivity index is 1.50. The highest BCUT2D eigenvalue weighted by molar-refractivity contribution is 8.00. The van der Waals surface area contributed by atoms with E-state index in [1.807, 2.05) is 19.9 Å². The molecule has 0 aromatic carbocycles. The average Bonchev–Trinajstić information content (AvgIpc) is 3.52. The van der Waals surface area contributed by atoms with Crippen molar-refractivity contribution in [1.29, 1.82) is 0 Å². The molecular weight excluding hydrogens is 514 g/mol. The van der Waals surface area contributed by atoms with Crippen molar-refractivity contribution in [2.75, 3.05) is 19.0 Å². The van der Waals surface area contributed by atoms with Crippen LogP contribution >= 0.6 is 11.8 Å². The lowest BCUT2D eigenvalue weighted by molar-refractivity contribution is -0.205. The van der Waals surface area contributed by atoms with Crippen molar-refractivity contribution in [2.45, 2.75) is 115 Å². The van der Waals surface area contributed by atoms with Crippen LogP contribution < -0.4 is 5.32 Å². The Morgan fingerprint density at radius 3 is 2.54 bits per heavy atom. The van der Waals surface area contributed by atoms with Crippen LogP contribution in [0.4, 0.5) is 0 Å². The fourth-order valence-electron chi connectivity index (χ4n) is 8.74. The molecular formula is C31H51NO6S. The molecule has 7 nitrogen and oxygen atoms in total. The van der Waals surface area contributed by atoms with E-state index in [0.29, 0.717) is 18.1 Å². The number of Topliss-reactive ketones (excluding diaryl/α,β-unsaturated/α-hetero) is 1. The van der Waals surface area contributed by atoms with Gasteiger partial charge in [-0.1, -0.05) is 33.8 Å². The molecule has 0 aliphatic heterocycles. The third-order valence-corrected chi connectivity index (χ3v) is 12.9. The van der Waals surface area contributed by atoms with Crippen LogP contribution in [0.25, 0.3) is 0 Å². The Labute approximate surface area is 238 Å². The molecule has 4 aliphatic carbocycles. The largest absolute Gasteiger partial charge is 0.461 e. The van der Waals surface area contributed by atoms with Crippen LogP contribution in [0.5, 0.6) is 0 Å². The molecule has 8 heteroatoms. The minimum absolute atomic E-state index is 0.0431. The van der Waals surface area contributed by atoms with Gasteiger partial charge in [-0.2, -0.15) is 0 Å². The van der Waals surface area contributed by atoms with Crippen LogP contribution in [-0.2, 0) is 14.3 Å². The Bertz CT molecular complexity index is 940. The van der Waals surface area contributed by atoms with Gasteiger partial charge < -0.3 is 25.4 Å². The van der Waals surface area contributed by atoms with Gasteiger partial charge in [-0.3, -0.25) is 9.59 Å². The minimum atomic E-state index is -0.708. The van der Waals surface area contributed by atoms with Gasteiger partial charge in [0, 0.05) is 34.5 Å². The summed E-state index contributed by atoms with van der Waals surface area (Å²) in [6.07, 6.45) is 7.11. The molecule has 10 atom stereocenters. The van der Waals surface area contributed by atoms with Crippen molar-refractivity contribution >= 4 is 23.5 Å². The fraction of sp³-hybridized carbons (Fsp3) is 0.871. The highest BCUT2D eigenvalue weighted by Gasteiger charge is 2.68. The highest BCUT2D eigenvalue weighted by atomic mass is 32.2. The Morgan fingerprint density at radius 2 is 1.90 bits per heavy atom. The first-order chi connectivity index (χ1) is 18.3. The van der Waals surface area contributed by atoms with Gasteiger partial charge in [0.15, 0.2) is 0 Å². The lowest BCUT2D eigenvalue weighted by Gasteiger charge is -2.61. The number of carbonyl (C=O) groups excluding carboxylic acids is 2. The van der Waals surface area contributed by atoms with E-state index in [9.17, 15) is 24.9 Å². The Kier molecular flexibility index (Phi) is 9.06. The molecule has 4 rings (SSSR count). The summed E-state index contributed by atoms with van der Waals surface area (Å²) in [7, 11) is 0. The maximum Gasteiger partial charge on any atom is 0.316 e. The van der Waals surface area contributed by atoms with Crippen molar-refractivity contribution in [3.8, 4) is 0 Å². The highest BCUT2D eigenvalue weighted by Crippen LogP contribution is 2.68. The van der Waals surface area contributed by atoms with Crippen LogP contribution in [0.15, 0.2) is 12.7 Å². The predicted molar refractivity (Wildman–Crippen MR) is 154 cm³/mol. The summed E-state index contributed by atoms with van der Waals surface area (Å²) >= 11 is 1.61. The molecule has 222 valence electrons. The molecule has 4 fully saturated rings. The number of carbonyl (C=O) groups is 2. The van der Waals surface area contributed by atoms with E-state index < -0.39 is 28.6 Å². The summed E-state index contributed by atoms with van der Waals surface area (Å²) in [5.74, 6) is 0.201. The van der Waals surface area contributed by atoms with Gasteiger partial charge in [0.2, 0.25) is 0 Å². The molecule has 2 bridgehead atoms. The third-order valence-electron chi connectivity index (χ3n) is 11.6. The van der Waals surface area contributed by atoms with Crippen LogP contribution in [0.1, 0.15) is 86.0 Å². The van der Waals surface area contributed by atoms with Gasteiger partial charge in [0.1, 0.15) is 11.9 Å². The number of hydrogen-bond donors (Lipinski definition) is 4. The molecule has 4 saturated carbocycles. The summed E-state index contributed by atoms with van der Waals surface area (Å²) < 4.78 is 6.37. The number of rotatable bonds is 9. The number of ketones is 1. The summed E-state index contributed by atoms with van der Waals surface area (Å²) in [5.41, 5.74) is -2.10. The quantitative estimate of drug-likeness (QED) is 0.246. The SMILES string of the molecule is C=C[C@]1(C)C[C@@H](OC(=O)CSC2CCC(NC(C)(CO)CO)C2)[C@]2(C)[C@H](C)CCC3(CCC(=O)[C@H]32)[C@@H](C)[C@@H]1O. The van der Waals surface area contributed by atoms with E-state index in [4.69, 9.17) is 4.74 Å². The topological polar surface area (TPSA) is 116 Å². The van der Waals surface area contributed by atoms with Gasteiger partial charge in [-0.05, 0) is 69.1 Å². The van der Waals surface area contributed by atoms with E-state index in [1.54, 1.807) is 11.8 Å². The second-order valence-electron chi connectivity index (χ2n) is 14.0. The molecule has 4 aliphatic rings. The van der Waals surface area contributed by atoms with E-state index >= 15 is 0 Å².